The molecule has 0 fully saturated rings. The number of imidazole rings is 1. The second-order valence-electron chi connectivity index (χ2n) is 5.25. The monoisotopic (exact) mass is 369 g/mol. The van der Waals surface area contributed by atoms with Crippen LogP contribution in [0.4, 0.5) is 17.6 Å². The van der Waals surface area contributed by atoms with Crippen molar-refractivity contribution in [3.63, 3.8) is 0 Å². The number of aromatic nitrogens is 5. The molecule has 3 aromatic heterocycles. The van der Waals surface area contributed by atoms with Crippen molar-refractivity contribution in [1.29, 1.82) is 0 Å². The maximum atomic E-state index is 13.5. The molecule has 25 heavy (non-hydrogen) atoms. The summed E-state index contributed by atoms with van der Waals surface area (Å²) in [6.45, 7) is 0. The number of alkyl halides is 4. The lowest BCUT2D eigenvalue weighted by Crippen LogP contribution is -2.03. The van der Waals surface area contributed by atoms with Crippen LogP contribution in [0.3, 0.4) is 0 Å². The third-order valence-electron chi connectivity index (χ3n) is 3.71. The Hall–Kier alpha value is -2.68. The molecule has 0 atom stereocenters. The molecule has 1 aromatic carbocycles. The summed E-state index contributed by atoms with van der Waals surface area (Å²) in [4.78, 5) is 7.63. The van der Waals surface area contributed by atoms with E-state index in [4.69, 9.17) is 11.6 Å². The van der Waals surface area contributed by atoms with E-state index in [9.17, 15) is 17.6 Å². The van der Waals surface area contributed by atoms with Crippen molar-refractivity contribution >= 4 is 33.7 Å². The van der Waals surface area contributed by atoms with Gasteiger partial charge in [-0.25, -0.2) is 27.5 Å². The van der Waals surface area contributed by atoms with Gasteiger partial charge in [0.2, 0.25) is 0 Å². The summed E-state index contributed by atoms with van der Waals surface area (Å²) in [6.07, 6.45) is -4.28. The Morgan fingerprint density at radius 3 is 2.56 bits per heavy atom. The van der Waals surface area contributed by atoms with Crippen LogP contribution in [-0.2, 0) is 0 Å². The van der Waals surface area contributed by atoms with E-state index >= 15 is 0 Å². The van der Waals surface area contributed by atoms with Gasteiger partial charge in [-0.3, -0.25) is 9.67 Å². The Labute approximate surface area is 142 Å². The second kappa shape index (κ2) is 5.69. The maximum Gasteiger partial charge on any atom is 0.296 e. The number of nitrogens with one attached hydrogen (secondary N) is 1. The van der Waals surface area contributed by atoms with Gasteiger partial charge in [-0.1, -0.05) is 11.6 Å². The molecule has 0 aliphatic carbocycles. The van der Waals surface area contributed by atoms with Gasteiger partial charge in [-0.2, -0.15) is 5.10 Å². The first-order valence-electron chi connectivity index (χ1n) is 7.04. The summed E-state index contributed by atoms with van der Waals surface area (Å²) in [5.74, 6) is -0.604. The van der Waals surface area contributed by atoms with E-state index in [0.29, 0.717) is 10.9 Å². The van der Waals surface area contributed by atoms with Crippen molar-refractivity contribution in [3.8, 4) is 5.69 Å². The largest absolute Gasteiger partial charge is 0.296 e. The average molecular weight is 370 g/mol. The lowest BCUT2D eigenvalue weighted by atomic mass is 10.2. The number of benzene rings is 1. The number of H-pyrrole nitrogens is 1. The molecule has 0 radical (unpaired) electrons. The summed E-state index contributed by atoms with van der Waals surface area (Å²) < 4.78 is 53.8. The summed E-state index contributed by atoms with van der Waals surface area (Å²) in [5, 5.41) is 7.36. The van der Waals surface area contributed by atoms with Crippen molar-refractivity contribution in [3.05, 3.63) is 47.0 Å². The van der Waals surface area contributed by atoms with Crippen molar-refractivity contribution in [2.45, 2.75) is 12.9 Å². The zero-order valence-corrected chi connectivity index (χ0v) is 13.0. The minimum Gasteiger partial charge on any atom is -0.276 e. The second-order valence-corrected chi connectivity index (χ2v) is 5.65. The van der Waals surface area contributed by atoms with Crippen molar-refractivity contribution in [2.24, 2.45) is 0 Å². The zero-order chi connectivity index (χ0) is 17.7. The fraction of sp³-hybridized carbons (Fsp3) is 0.133. The molecule has 0 spiro atoms. The van der Waals surface area contributed by atoms with Crippen LogP contribution in [0.25, 0.3) is 27.8 Å². The quantitative estimate of drug-likeness (QED) is 0.526. The van der Waals surface area contributed by atoms with Gasteiger partial charge in [0.05, 0.1) is 22.4 Å². The predicted octanol–water partition coefficient (Wildman–Crippen LogP) is 4.83. The molecule has 0 saturated carbocycles. The van der Waals surface area contributed by atoms with E-state index in [1.807, 2.05) is 0 Å². The van der Waals surface area contributed by atoms with Gasteiger partial charge in [-0.05, 0) is 24.3 Å². The van der Waals surface area contributed by atoms with Crippen molar-refractivity contribution < 1.29 is 17.6 Å². The number of aromatic amines is 1. The standard InChI is InChI=1S/C15H8ClF4N5/c16-8-4-7(3-6-5-21-24-11(6)8)25-14-10(23-15(25)13(19)20)2-1-9(22-14)12(17)18/h1-5,12-13H,(H,21,24). The first-order valence-corrected chi connectivity index (χ1v) is 7.42. The van der Waals surface area contributed by atoms with Crippen molar-refractivity contribution in [2.75, 3.05) is 0 Å². The van der Waals surface area contributed by atoms with E-state index < -0.39 is 24.4 Å². The van der Waals surface area contributed by atoms with Gasteiger partial charge in [0, 0.05) is 5.39 Å². The van der Waals surface area contributed by atoms with Gasteiger partial charge in [-0.15, -0.1) is 0 Å². The van der Waals surface area contributed by atoms with Gasteiger partial charge in [0.25, 0.3) is 12.9 Å². The summed E-state index contributed by atoms with van der Waals surface area (Å²) >= 11 is 6.15. The van der Waals surface area contributed by atoms with Gasteiger partial charge >= 0.3 is 0 Å². The number of fused-ring (bicyclic) bond motifs is 2. The number of pyridine rings is 1. The molecule has 4 rings (SSSR count). The summed E-state index contributed by atoms with van der Waals surface area (Å²) in [7, 11) is 0. The van der Waals surface area contributed by atoms with E-state index in [0.717, 1.165) is 10.6 Å². The fourth-order valence-corrected chi connectivity index (χ4v) is 2.90. The number of rotatable bonds is 3. The molecule has 128 valence electrons. The first-order chi connectivity index (χ1) is 12.0. The van der Waals surface area contributed by atoms with Gasteiger partial charge in [0.15, 0.2) is 11.5 Å². The lowest BCUT2D eigenvalue weighted by Gasteiger charge is -2.10. The summed E-state index contributed by atoms with van der Waals surface area (Å²) in [5.41, 5.74) is 0.241. The minimum atomic E-state index is -2.93. The average Bonchev–Trinajstić information content (AvgIpc) is 3.18. The smallest absolute Gasteiger partial charge is 0.276 e. The first kappa shape index (κ1) is 15.8. The molecule has 10 heteroatoms. The van der Waals surface area contributed by atoms with Crippen LogP contribution in [0.15, 0.2) is 30.5 Å². The molecule has 0 amide bonds. The third kappa shape index (κ3) is 2.51. The molecule has 0 aliphatic rings. The molecule has 3 heterocycles. The molecule has 0 aliphatic heterocycles. The van der Waals surface area contributed by atoms with Crippen LogP contribution in [0.1, 0.15) is 24.4 Å². The number of hydrogen-bond acceptors (Lipinski definition) is 3. The Morgan fingerprint density at radius 2 is 1.84 bits per heavy atom. The Morgan fingerprint density at radius 1 is 1.04 bits per heavy atom. The zero-order valence-electron chi connectivity index (χ0n) is 12.2. The van der Waals surface area contributed by atoms with Crippen LogP contribution in [0, 0.1) is 0 Å². The SMILES string of the molecule is FC(F)c1ccc2nc(C(F)F)n(-c3cc(Cl)c4[nH]ncc4c3)c2n1. The topological polar surface area (TPSA) is 59.4 Å². The van der Waals surface area contributed by atoms with Crippen molar-refractivity contribution in [1.82, 2.24) is 24.7 Å². The summed E-state index contributed by atoms with van der Waals surface area (Å²) in [6, 6.07) is 5.27. The van der Waals surface area contributed by atoms with E-state index in [1.165, 1.54) is 18.3 Å². The van der Waals surface area contributed by atoms with Gasteiger partial charge in [0.1, 0.15) is 11.2 Å². The van der Waals surface area contributed by atoms with Gasteiger partial charge < -0.3 is 0 Å². The number of nitrogens with zero attached hydrogens (tertiary/aromatic N) is 4. The maximum absolute atomic E-state index is 13.5. The number of hydrogen-bond donors (Lipinski definition) is 1. The molecule has 5 nitrogen and oxygen atoms in total. The molecule has 1 N–H and O–H groups in total. The number of halogens is 5. The molecule has 0 saturated heterocycles. The third-order valence-corrected chi connectivity index (χ3v) is 4.01. The Kier molecular flexibility index (Phi) is 3.60. The molecule has 4 aromatic rings. The highest BCUT2D eigenvalue weighted by Crippen LogP contribution is 2.32. The van der Waals surface area contributed by atoms with E-state index in [1.54, 1.807) is 6.07 Å². The minimum absolute atomic E-state index is 0.0862. The van der Waals surface area contributed by atoms with Crippen LogP contribution >= 0.6 is 11.6 Å². The highest BCUT2D eigenvalue weighted by Gasteiger charge is 2.23. The molecular formula is C15H8ClF4N5. The van der Waals surface area contributed by atoms with E-state index in [2.05, 4.69) is 20.2 Å². The molecule has 0 bridgehead atoms. The normalized spacial score (nSPS) is 12.1. The highest BCUT2D eigenvalue weighted by molar-refractivity contribution is 6.35. The fourth-order valence-electron chi connectivity index (χ4n) is 2.64. The highest BCUT2D eigenvalue weighted by atomic mass is 35.5. The Bertz CT molecular complexity index is 1090. The van der Waals surface area contributed by atoms with Crippen LogP contribution in [-0.4, -0.2) is 24.7 Å². The van der Waals surface area contributed by atoms with E-state index in [-0.39, 0.29) is 21.9 Å². The lowest BCUT2D eigenvalue weighted by molar-refractivity contribution is 0.139. The van der Waals surface area contributed by atoms with Crippen LogP contribution < -0.4 is 0 Å². The molecular weight excluding hydrogens is 362 g/mol. The Balaban J connectivity index is 2.05. The van der Waals surface area contributed by atoms with Crippen LogP contribution in [0.2, 0.25) is 5.02 Å². The van der Waals surface area contributed by atoms with Crippen LogP contribution in [0.5, 0.6) is 0 Å². The molecule has 0 unspecified atom stereocenters. The predicted molar refractivity (Wildman–Crippen MR) is 83.4 cm³/mol.